The molecule has 3 heteroatoms. The highest BCUT2D eigenvalue weighted by atomic mass is 15.1. The first-order chi connectivity index (χ1) is 7.24. The highest BCUT2D eigenvalue weighted by Gasteiger charge is 2.02. The first kappa shape index (κ1) is 14.9. The minimum absolute atomic E-state index is 0.632. The van der Waals surface area contributed by atoms with Gasteiger partial charge in [0.1, 0.15) is 0 Å². The molecule has 0 aliphatic carbocycles. The van der Waals surface area contributed by atoms with Crippen LogP contribution in [0.3, 0.4) is 0 Å². The minimum atomic E-state index is 0.632. The van der Waals surface area contributed by atoms with Crippen LogP contribution in [0.25, 0.3) is 0 Å². The van der Waals surface area contributed by atoms with E-state index in [0.29, 0.717) is 6.04 Å². The molecular formula is C12H29N3. The summed E-state index contributed by atoms with van der Waals surface area (Å²) in [5, 5.41) is 3.49. The fourth-order valence-corrected chi connectivity index (χ4v) is 1.71. The summed E-state index contributed by atoms with van der Waals surface area (Å²) in [6, 6.07) is 0.632. The van der Waals surface area contributed by atoms with Gasteiger partial charge in [-0.3, -0.25) is 0 Å². The van der Waals surface area contributed by atoms with Gasteiger partial charge in [-0.15, -0.1) is 0 Å². The molecule has 15 heavy (non-hydrogen) atoms. The summed E-state index contributed by atoms with van der Waals surface area (Å²) in [5.41, 5.74) is 5.44. The third-order valence-corrected chi connectivity index (χ3v) is 2.88. The van der Waals surface area contributed by atoms with E-state index in [9.17, 15) is 0 Å². The van der Waals surface area contributed by atoms with E-state index in [2.05, 4.69) is 31.0 Å². The Morgan fingerprint density at radius 1 is 1.20 bits per heavy atom. The van der Waals surface area contributed by atoms with Crippen molar-refractivity contribution >= 4 is 0 Å². The first-order valence-electron chi connectivity index (χ1n) is 6.40. The first-order valence-corrected chi connectivity index (χ1v) is 6.40. The Bertz CT molecular complexity index is 124. The average molecular weight is 215 g/mol. The fourth-order valence-electron chi connectivity index (χ4n) is 1.71. The van der Waals surface area contributed by atoms with Gasteiger partial charge in [-0.05, 0) is 58.9 Å². The van der Waals surface area contributed by atoms with Crippen molar-refractivity contribution in [3.63, 3.8) is 0 Å². The molecule has 0 saturated heterocycles. The molecule has 0 rings (SSSR count). The van der Waals surface area contributed by atoms with Gasteiger partial charge in [0, 0.05) is 6.04 Å². The SMILES string of the molecule is CCN(CC)CCCC(C)NCCCN. The van der Waals surface area contributed by atoms with Crippen LogP contribution in [0.5, 0.6) is 0 Å². The van der Waals surface area contributed by atoms with Crippen LogP contribution in [-0.2, 0) is 0 Å². The van der Waals surface area contributed by atoms with Crippen molar-refractivity contribution in [1.29, 1.82) is 0 Å². The van der Waals surface area contributed by atoms with Crippen molar-refractivity contribution < 1.29 is 0 Å². The zero-order chi connectivity index (χ0) is 11.5. The van der Waals surface area contributed by atoms with Crippen LogP contribution in [0, 0.1) is 0 Å². The van der Waals surface area contributed by atoms with Crippen LogP contribution in [-0.4, -0.2) is 43.7 Å². The summed E-state index contributed by atoms with van der Waals surface area (Å²) in [6.07, 6.45) is 3.64. The molecule has 0 heterocycles. The van der Waals surface area contributed by atoms with Crippen molar-refractivity contribution in [3.8, 4) is 0 Å². The summed E-state index contributed by atoms with van der Waals surface area (Å²) >= 11 is 0. The van der Waals surface area contributed by atoms with Gasteiger partial charge in [0.2, 0.25) is 0 Å². The van der Waals surface area contributed by atoms with Gasteiger partial charge in [-0.1, -0.05) is 13.8 Å². The lowest BCUT2D eigenvalue weighted by molar-refractivity contribution is 0.290. The largest absolute Gasteiger partial charge is 0.330 e. The summed E-state index contributed by atoms with van der Waals surface area (Å²) in [5.74, 6) is 0. The molecule has 0 aromatic rings. The predicted octanol–water partition coefficient (Wildman–Crippen LogP) is 1.44. The van der Waals surface area contributed by atoms with E-state index >= 15 is 0 Å². The quantitative estimate of drug-likeness (QED) is 0.542. The topological polar surface area (TPSA) is 41.3 Å². The predicted molar refractivity (Wildman–Crippen MR) is 68.2 cm³/mol. The molecule has 1 atom stereocenters. The lowest BCUT2D eigenvalue weighted by Gasteiger charge is -2.19. The van der Waals surface area contributed by atoms with Crippen molar-refractivity contribution in [1.82, 2.24) is 10.2 Å². The van der Waals surface area contributed by atoms with Crippen molar-refractivity contribution in [2.75, 3.05) is 32.7 Å². The normalized spacial score (nSPS) is 13.4. The molecule has 0 saturated carbocycles. The second-order valence-electron chi connectivity index (χ2n) is 4.17. The Kier molecular flexibility index (Phi) is 10.3. The van der Waals surface area contributed by atoms with Gasteiger partial charge in [-0.2, -0.15) is 0 Å². The van der Waals surface area contributed by atoms with Crippen LogP contribution in [0.2, 0.25) is 0 Å². The fraction of sp³-hybridized carbons (Fsp3) is 1.00. The van der Waals surface area contributed by atoms with Crippen LogP contribution >= 0.6 is 0 Å². The third-order valence-electron chi connectivity index (χ3n) is 2.88. The van der Waals surface area contributed by atoms with Crippen molar-refractivity contribution in [3.05, 3.63) is 0 Å². The van der Waals surface area contributed by atoms with E-state index in [0.717, 1.165) is 19.5 Å². The molecular weight excluding hydrogens is 186 g/mol. The second kappa shape index (κ2) is 10.4. The Hall–Kier alpha value is -0.120. The molecule has 92 valence electrons. The monoisotopic (exact) mass is 215 g/mol. The Morgan fingerprint density at radius 3 is 2.40 bits per heavy atom. The van der Waals surface area contributed by atoms with Gasteiger partial charge in [0.25, 0.3) is 0 Å². The number of nitrogens with one attached hydrogen (secondary N) is 1. The van der Waals surface area contributed by atoms with Gasteiger partial charge in [-0.25, -0.2) is 0 Å². The van der Waals surface area contributed by atoms with Crippen LogP contribution in [0.4, 0.5) is 0 Å². The van der Waals surface area contributed by atoms with Gasteiger partial charge >= 0.3 is 0 Å². The van der Waals surface area contributed by atoms with E-state index in [1.807, 2.05) is 0 Å². The van der Waals surface area contributed by atoms with E-state index in [-0.39, 0.29) is 0 Å². The van der Waals surface area contributed by atoms with Gasteiger partial charge in [0.15, 0.2) is 0 Å². The minimum Gasteiger partial charge on any atom is -0.330 e. The standard InChI is InChI=1S/C12H29N3/c1-4-15(5-2)11-6-8-12(3)14-10-7-9-13/h12,14H,4-11,13H2,1-3H3. The molecule has 3 N–H and O–H groups in total. The lowest BCUT2D eigenvalue weighted by atomic mass is 10.1. The summed E-state index contributed by atoms with van der Waals surface area (Å²) in [6.45, 7) is 12.1. The maximum absolute atomic E-state index is 5.44. The smallest absolute Gasteiger partial charge is 0.00392 e. The highest BCUT2D eigenvalue weighted by molar-refractivity contribution is 4.62. The van der Waals surface area contributed by atoms with Crippen LogP contribution in [0.1, 0.15) is 40.0 Å². The molecule has 0 spiro atoms. The molecule has 0 aliphatic heterocycles. The summed E-state index contributed by atoms with van der Waals surface area (Å²) in [4.78, 5) is 2.48. The number of nitrogens with zero attached hydrogens (tertiary/aromatic N) is 1. The van der Waals surface area contributed by atoms with E-state index < -0.39 is 0 Å². The zero-order valence-electron chi connectivity index (χ0n) is 10.8. The lowest BCUT2D eigenvalue weighted by Crippen LogP contribution is -2.30. The van der Waals surface area contributed by atoms with Crippen molar-refractivity contribution in [2.24, 2.45) is 5.73 Å². The van der Waals surface area contributed by atoms with E-state index in [1.165, 1.54) is 32.5 Å². The number of nitrogens with two attached hydrogens (primary N) is 1. The van der Waals surface area contributed by atoms with Crippen LogP contribution in [0.15, 0.2) is 0 Å². The molecule has 0 bridgehead atoms. The Morgan fingerprint density at radius 2 is 1.87 bits per heavy atom. The molecule has 0 aromatic heterocycles. The number of hydrogen-bond acceptors (Lipinski definition) is 3. The van der Waals surface area contributed by atoms with Gasteiger partial charge < -0.3 is 16.0 Å². The van der Waals surface area contributed by atoms with E-state index in [4.69, 9.17) is 5.73 Å². The van der Waals surface area contributed by atoms with E-state index in [1.54, 1.807) is 0 Å². The highest BCUT2D eigenvalue weighted by Crippen LogP contribution is 1.99. The Balaban J connectivity index is 3.33. The number of hydrogen-bond donors (Lipinski definition) is 2. The molecule has 0 fully saturated rings. The third kappa shape index (κ3) is 8.85. The summed E-state index contributed by atoms with van der Waals surface area (Å²) in [7, 11) is 0. The van der Waals surface area contributed by atoms with Crippen LogP contribution < -0.4 is 11.1 Å². The molecule has 0 amide bonds. The molecule has 1 unspecified atom stereocenters. The number of rotatable bonds is 10. The molecule has 3 nitrogen and oxygen atoms in total. The zero-order valence-corrected chi connectivity index (χ0v) is 10.8. The van der Waals surface area contributed by atoms with Crippen molar-refractivity contribution in [2.45, 2.75) is 46.1 Å². The molecule has 0 radical (unpaired) electrons. The Labute approximate surface area is 95.4 Å². The molecule has 0 aromatic carbocycles. The maximum atomic E-state index is 5.44. The van der Waals surface area contributed by atoms with Gasteiger partial charge in [0.05, 0.1) is 0 Å². The molecule has 0 aliphatic rings. The second-order valence-corrected chi connectivity index (χ2v) is 4.17. The summed E-state index contributed by atoms with van der Waals surface area (Å²) < 4.78 is 0. The maximum Gasteiger partial charge on any atom is 0.00392 e. The average Bonchev–Trinajstić information content (AvgIpc) is 2.25.